The Balaban J connectivity index is 3.32. The van der Waals surface area contributed by atoms with Gasteiger partial charge in [0.2, 0.25) is 0 Å². The Bertz CT molecular complexity index is 477. The summed E-state index contributed by atoms with van der Waals surface area (Å²) in [6.07, 6.45) is 0. The SMILES string of the molecule is CCOP(=O)(OCC)c1ccccc1C(=O)N(C)C. The Labute approximate surface area is 114 Å². The molecule has 1 aromatic carbocycles. The average Bonchev–Trinajstić information content (AvgIpc) is 2.38. The number of carbonyl (C=O) groups excluding carboxylic acids is 1. The van der Waals surface area contributed by atoms with E-state index in [0.29, 0.717) is 10.9 Å². The van der Waals surface area contributed by atoms with Crippen molar-refractivity contribution in [1.29, 1.82) is 0 Å². The van der Waals surface area contributed by atoms with Gasteiger partial charge < -0.3 is 13.9 Å². The standard InChI is InChI=1S/C13H20NO4P/c1-5-17-19(16,18-6-2)12-10-8-7-9-11(12)13(15)14(3)4/h7-10H,5-6H2,1-4H3. The van der Waals surface area contributed by atoms with Gasteiger partial charge in [0.25, 0.3) is 5.91 Å². The zero-order valence-corrected chi connectivity index (χ0v) is 12.6. The number of carbonyl (C=O) groups is 1. The first kappa shape index (κ1) is 15.9. The third-order valence-electron chi connectivity index (χ3n) is 2.43. The maximum atomic E-state index is 12.7. The summed E-state index contributed by atoms with van der Waals surface area (Å²) in [4.78, 5) is 13.5. The van der Waals surface area contributed by atoms with E-state index in [4.69, 9.17) is 9.05 Å². The summed E-state index contributed by atoms with van der Waals surface area (Å²) in [6, 6.07) is 6.68. The van der Waals surface area contributed by atoms with Gasteiger partial charge in [-0.25, -0.2) is 0 Å². The molecule has 0 heterocycles. The van der Waals surface area contributed by atoms with Gasteiger partial charge in [-0.3, -0.25) is 9.36 Å². The molecule has 0 aromatic heterocycles. The van der Waals surface area contributed by atoms with Crippen molar-refractivity contribution >= 4 is 18.8 Å². The fraction of sp³-hybridized carbons (Fsp3) is 0.462. The Morgan fingerprint density at radius 1 is 1.16 bits per heavy atom. The highest BCUT2D eigenvalue weighted by Gasteiger charge is 2.31. The van der Waals surface area contributed by atoms with Gasteiger partial charge in [0.05, 0.1) is 24.1 Å². The maximum absolute atomic E-state index is 12.7. The number of hydrogen-bond acceptors (Lipinski definition) is 4. The highest BCUT2D eigenvalue weighted by molar-refractivity contribution is 7.62. The second-order valence-corrected chi connectivity index (χ2v) is 6.04. The lowest BCUT2D eigenvalue weighted by Crippen LogP contribution is -2.28. The van der Waals surface area contributed by atoms with E-state index in [0.717, 1.165) is 0 Å². The van der Waals surface area contributed by atoms with Crippen LogP contribution in [0.1, 0.15) is 24.2 Å². The predicted molar refractivity (Wildman–Crippen MR) is 75.0 cm³/mol. The topological polar surface area (TPSA) is 55.8 Å². The van der Waals surface area contributed by atoms with E-state index < -0.39 is 7.60 Å². The molecule has 0 N–H and O–H groups in total. The lowest BCUT2D eigenvalue weighted by atomic mass is 10.2. The predicted octanol–water partition coefficient (Wildman–Crippen LogP) is 2.28. The molecule has 0 fully saturated rings. The Morgan fingerprint density at radius 3 is 2.16 bits per heavy atom. The first-order valence-corrected chi connectivity index (χ1v) is 7.71. The molecule has 1 aromatic rings. The Kier molecular flexibility index (Phi) is 5.73. The van der Waals surface area contributed by atoms with E-state index in [9.17, 15) is 9.36 Å². The van der Waals surface area contributed by atoms with Crippen molar-refractivity contribution in [2.45, 2.75) is 13.8 Å². The molecule has 5 nitrogen and oxygen atoms in total. The van der Waals surface area contributed by atoms with Crippen molar-refractivity contribution in [3.8, 4) is 0 Å². The normalized spacial score (nSPS) is 11.4. The molecule has 0 saturated heterocycles. The molecule has 1 rings (SSSR count). The zero-order valence-electron chi connectivity index (χ0n) is 11.8. The van der Waals surface area contributed by atoms with Gasteiger partial charge in [0, 0.05) is 14.1 Å². The number of hydrogen-bond donors (Lipinski definition) is 0. The van der Waals surface area contributed by atoms with Gasteiger partial charge in [0.15, 0.2) is 0 Å². The maximum Gasteiger partial charge on any atom is 0.362 e. The van der Waals surface area contributed by atoms with E-state index in [2.05, 4.69) is 0 Å². The van der Waals surface area contributed by atoms with Crippen molar-refractivity contribution in [1.82, 2.24) is 4.90 Å². The van der Waals surface area contributed by atoms with Gasteiger partial charge >= 0.3 is 7.60 Å². The minimum Gasteiger partial charge on any atom is -0.345 e. The smallest absolute Gasteiger partial charge is 0.345 e. The van der Waals surface area contributed by atoms with Crippen LogP contribution >= 0.6 is 7.60 Å². The molecule has 0 atom stereocenters. The second kappa shape index (κ2) is 6.85. The number of nitrogens with zero attached hydrogens (tertiary/aromatic N) is 1. The molecular formula is C13H20NO4P. The Hall–Kier alpha value is -1.16. The van der Waals surface area contributed by atoms with Crippen molar-refractivity contribution in [3.05, 3.63) is 29.8 Å². The van der Waals surface area contributed by atoms with E-state index in [-0.39, 0.29) is 19.1 Å². The third-order valence-corrected chi connectivity index (χ3v) is 4.61. The molecule has 0 aliphatic carbocycles. The van der Waals surface area contributed by atoms with Crippen LogP contribution in [0.15, 0.2) is 24.3 Å². The first-order chi connectivity index (χ1) is 8.96. The molecular weight excluding hydrogens is 265 g/mol. The van der Waals surface area contributed by atoms with Gasteiger partial charge in [-0.2, -0.15) is 0 Å². The third kappa shape index (κ3) is 3.66. The summed E-state index contributed by atoms with van der Waals surface area (Å²) in [5.74, 6) is -0.227. The highest BCUT2D eigenvalue weighted by atomic mass is 31.2. The summed E-state index contributed by atoms with van der Waals surface area (Å²) in [6.45, 7) is 3.98. The van der Waals surface area contributed by atoms with Crippen molar-refractivity contribution in [2.24, 2.45) is 0 Å². The molecule has 6 heteroatoms. The molecule has 106 valence electrons. The van der Waals surface area contributed by atoms with E-state index in [1.54, 1.807) is 52.2 Å². The highest BCUT2D eigenvalue weighted by Crippen LogP contribution is 2.47. The molecule has 0 bridgehead atoms. The van der Waals surface area contributed by atoms with Gasteiger partial charge in [-0.1, -0.05) is 12.1 Å². The lowest BCUT2D eigenvalue weighted by Gasteiger charge is -2.20. The van der Waals surface area contributed by atoms with Crippen molar-refractivity contribution in [3.63, 3.8) is 0 Å². The molecule has 0 spiro atoms. The molecule has 0 saturated carbocycles. The van der Waals surface area contributed by atoms with Crippen LogP contribution in [-0.4, -0.2) is 38.1 Å². The van der Waals surface area contributed by atoms with Gasteiger partial charge in [-0.15, -0.1) is 0 Å². The molecule has 0 unspecified atom stereocenters. The summed E-state index contributed by atoms with van der Waals surface area (Å²) >= 11 is 0. The van der Waals surface area contributed by atoms with Gasteiger partial charge in [-0.05, 0) is 26.0 Å². The zero-order chi connectivity index (χ0) is 14.5. The van der Waals surface area contributed by atoms with Crippen LogP contribution in [0.2, 0.25) is 0 Å². The van der Waals surface area contributed by atoms with Gasteiger partial charge in [0.1, 0.15) is 0 Å². The van der Waals surface area contributed by atoms with E-state index in [1.165, 1.54) is 4.90 Å². The van der Waals surface area contributed by atoms with E-state index in [1.807, 2.05) is 0 Å². The van der Waals surface area contributed by atoms with Crippen LogP contribution in [0.25, 0.3) is 0 Å². The summed E-state index contributed by atoms with van der Waals surface area (Å²) < 4.78 is 23.3. The summed E-state index contributed by atoms with van der Waals surface area (Å²) in [5, 5.41) is 0.317. The van der Waals surface area contributed by atoms with Crippen molar-refractivity contribution in [2.75, 3.05) is 27.3 Å². The monoisotopic (exact) mass is 285 g/mol. The van der Waals surface area contributed by atoms with Crippen LogP contribution in [-0.2, 0) is 13.6 Å². The van der Waals surface area contributed by atoms with Crippen LogP contribution in [0.5, 0.6) is 0 Å². The quantitative estimate of drug-likeness (QED) is 0.752. The number of benzene rings is 1. The van der Waals surface area contributed by atoms with Crippen molar-refractivity contribution < 1.29 is 18.4 Å². The van der Waals surface area contributed by atoms with Crippen LogP contribution in [0.4, 0.5) is 0 Å². The Morgan fingerprint density at radius 2 is 1.68 bits per heavy atom. The summed E-state index contributed by atoms with van der Waals surface area (Å²) in [7, 11) is -0.162. The van der Waals surface area contributed by atoms with Crippen LogP contribution < -0.4 is 5.30 Å². The molecule has 19 heavy (non-hydrogen) atoms. The largest absolute Gasteiger partial charge is 0.362 e. The molecule has 0 aliphatic rings. The minimum atomic E-state index is -3.45. The molecule has 0 radical (unpaired) electrons. The first-order valence-electron chi connectivity index (χ1n) is 6.16. The van der Waals surface area contributed by atoms with Crippen LogP contribution in [0.3, 0.4) is 0 Å². The van der Waals surface area contributed by atoms with E-state index >= 15 is 0 Å². The number of amides is 1. The van der Waals surface area contributed by atoms with Crippen LogP contribution in [0, 0.1) is 0 Å². The fourth-order valence-electron chi connectivity index (χ4n) is 1.65. The lowest BCUT2D eigenvalue weighted by molar-refractivity contribution is 0.0828. The molecule has 1 amide bonds. The minimum absolute atomic E-state index is 0.227. The second-order valence-electron chi connectivity index (χ2n) is 4.05. The average molecular weight is 285 g/mol. The summed E-state index contributed by atoms with van der Waals surface area (Å²) in [5.41, 5.74) is 0.345. The fourth-order valence-corrected chi connectivity index (χ4v) is 3.42. The number of rotatable bonds is 6. The molecule has 0 aliphatic heterocycles.